The number of likely N-dealkylation sites (tertiary alicyclic amines) is 1. The molecule has 10 nitrogen and oxygen atoms in total. The summed E-state index contributed by atoms with van der Waals surface area (Å²) >= 11 is 0. The summed E-state index contributed by atoms with van der Waals surface area (Å²) in [6, 6.07) is 2.14. The maximum absolute atomic E-state index is 14.2. The molecular formula is C29H37F4N9O. The van der Waals surface area contributed by atoms with Gasteiger partial charge in [-0.2, -0.15) is 23.1 Å². The molecule has 2 aromatic heterocycles. The third kappa shape index (κ3) is 6.63. The highest BCUT2D eigenvalue weighted by atomic mass is 19.4. The molecule has 0 unspecified atom stereocenters. The summed E-state index contributed by atoms with van der Waals surface area (Å²) < 4.78 is 55.6. The third-order valence-corrected chi connectivity index (χ3v) is 8.90. The van der Waals surface area contributed by atoms with Gasteiger partial charge in [0.05, 0.1) is 17.6 Å². The second-order valence-electron chi connectivity index (χ2n) is 11.9. The van der Waals surface area contributed by atoms with Crippen LogP contribution in [0.3, 0.4) is 0 Å². The minimum absolute atomic E-state index is 0.0235. The number of aromatic nitrogens is 4. The van der Waals surface area contributed by atoms with Gasteiger partial charge in [-0.05, 0) is 69.6 Å². The average Bonchev–Trinajstić information content (AvgIpc) is 3.66. The fraction of sp³-hybridized carbons (Fsp3) is 0.586. The van der Waals surface area contributed by atoms with Crippen molar-refractivity contribution in [2.24, 2.45) is 5.73 Å². The van der Waals surface area contributed by atoms with E-state index >= 15 is 0 Å². The van der Waals surface area contributed by atoms with E-state index in [1.165, 1.54) is 17.7 Å². The van der Waals surface area contributed by atoms with Crippen molar-refractivity contribution in [1.29, 1.82) is 0 Å². The molecule has 1 saturated heterocycles. The van der Waals surface area contributed by atoms with Crippen LogP contribution in [0.2, 0.25) is 0 Å². The number of benzene rings is 1. The summed E-state index contributed by atoms with van der Waals surface area (Å²) in [5.41, 5.74) is 6.06. The Morgan fingerprint density at radius 2 is 1.63 bits per heavy atom. The summed E-state index contributed by atoms with van der Waals surface area (Å²) in [7, 11) is 0. The van der Waals surface area contributed by atoms with Crippen molar-refractivity contribution < 1.29 is 22.4 Å². The smallest absolute Gasteiger partial charge is 0.365 e. The van der Waals surface area contributed by atoms with Gasteiger partial charge in [-0.1, -0.05) is 12.8 Å². The lowest BCUT2D eigenvalue weighted by Gasteiger charge is -2.33. The Balaban J connectivity index is 1.14. The number of nitrogens with zero attached hydrogens (tertiary/aromatic N) is 5. The van der Waals surface area contributed by atoms with Crippen LogP contribution in [0.5, 0.6) is 0 Å². The molecule has 1 aliphatic heterocycles. The molecule has 2 amide bonds. The predicted octanol–water partition coefficient (Wildman–Crippen LogP) is 5.89. The Labute approximate surface area is 246 Å². The maximum atomic E-state index is 14.2. The van der Waals surface area contributed by atoms with Crippen LogP contribution in [0.4, 0.5) is 39.8 Å². The Kier molecular flexibility index (Phi) is 8.29. The summed E-state index contributed by atoms with van der Waals surface area (Å²) in [6.07, 6.45) is 6.71. The fourth-order valence-corrected chi connectivity index (χ4v) is 6.39. The number of urea groups is 1. The number of halogens is 4. The molecule has 1 aromatic carbocycles. The topological polar surface area (TPSA) is 126 Å². The zero-order valence-corrected chi connectivity index (χ0v) is 23.8. The van der Waals surface area contributed by atoms with E-state index in [0.717, 1.165) is 44.2 Å². The van der Waals surface area contributed by atoms with Gasteiger partial charge in [0.2, 0.25) is 5.95 Å². The minimum Gasteiger partial charge on any atom is -0.365 e. The lowest BCUT2D eigenvalue weighted by Crippen LogP contribution is -2.44. The number of imidazole rings is 1. The SMILES string of the molecule is NC1CCC(Nc2nc(NC3CCN(C(=O)Nc4cc(C(F)(F)F)ccc4F)CC3)c3ncn(C4CCCC4)c3n2)CC1. The summed E-state index contributed by atoms with van der Waals surface area (Å²) in [4.78, 5) is 28.7. The summed E-state index contributed by atoms with van der Waals surface area (Å²) in [5.74, 6) is 0.254. The zero-order valence-electron chi connectivity index (χ0n) is 23.8. The van der Waals surface area contributed by atoms with E-state index in [-0.39, 0.29) is 18.1 Å². The molecule has 3 aromatic rings. The van der Waals surface area contributed by atoms with Crippen molar-refractivity contribution in [2.45, 2.75) is 94.6 Å². The third-order valence-electron chi connectivity index (χ3n) is 8.90. The number of rotatable bonds is 6. The average molecular weight is 604 g/mol. The Bertz CT molecular complexity index is 1440. The molecular weight excluding hydrogens is 566 g/mol. The molecule has 0 spiro atoms. The van der Waals surface area contributed by atoms with Crippen LogP contribution in [-0.2, 0) is 6.18 Å². The molecule has 3 heterocycles. The molecule has 2 aliphatic carbocycles. The van der Waals surface area contributed by atoms with Gasteiger partial charge in [0.15, 0.2) is 17.0 Å². The monoisotopic (exact) mass is 603 g/mol. The maximum Gasteiger partial charge on any atom is 0.416 e. The normalized spacial score (nSPS) is 22.2. The van der Waals surface area contributed by atoms with E-state index in [4.69, 9.17) is 20.7 Å². The number of anilines is 3. The van der Waals surface area contributed by atoms with Crippen molar-refractivity contribution >= 4 is 34.6 Å². The first-order chi connectivity index (χ1) is 20.6. The van der Waals surface area contributed by atoms with E-state index in [1.54, 1.807) is 0 Å². The quantitative estimate of drug-likeness (QED) is 0.259. The molecule has 0 radical (unpaired) electrons. The van der Waals surface area contributed by atoms with Crippen LogP contribution in [0.15, 0.2) is 24.5 Å². The van der Waals surface area contributed by atoms with Crippen molar-refractivity contribution in [3.05, 3.63) is 35.9 Å². The van der Waals surface area contributed by atoms with Crippen LogP contribution in [-0.4, -0.2) is 61.7 Å². The van der Waals surface area contributed by atoms with Crippen LogP contribution in [0.25, 0.3) is 11.2 Å². The number of carbonyl (C=O) groups excluding carboxylic acids is 1. The van der Waals surface area contributed by atoms with Gasteiger partial charge < -0.3 is 31.2 Å². The van der Waals surface area contributed by atoms with Crippen molar-refractivity contribution in [3.63, 3.8) is 0 Å². The van der Waals surface area contributed by atoms with Gasteiger partial charge in [0.1, 0.15) is 5.82 Å². The fourth-order valence-electron chi connectivity index (χ4n) is 6.39. The number of amides is 2. The van der Waals surface area contributed by atoms with Gasteiger partial charge >= 0.3 is 12.2 Å². The van der Waals surface area contributed by atoms with Gasteiger partial charge in [-0.25, -0.2) is 14.2 Å². The lowest BCUT2D eigenvalue weighted by atomic mass is 9.92. The van der Waals surface area contributed by atoms with Crippen LogP contribution in [0.1, 0.15) is 75.8 Å². The molecule has 14 heteroatoms. The number of nitrogens with two attached hydrogens (primary N) is 1. The highest BCUT2D eigenvalue weighted by Gasteiger charge is 2.32. The van der Waals surface area contributed by atoms with Gasteiger partial charge in [0, 0.05) is 37.3 Å². The second kappa shape index (κ2) is 12.1. The number of fused-ring (bicyclic) bond motifs is 1. The van der Waals surface area contributed by atoms with E-state index in [9.17, 15) is 22.4 Å². The van der Waals surface area contributed by atoms with Crippen molar-refractivity contribution in [1.82, 2.24) is 24.4 Å². The zero-order chi connectivity index (χ0) is 30.1. The molecule has 232 valence electrons. The number of hydrogen-bond acceptors (Lipinski definition) is 7. The number of hydrogen-bond donors (Lipinski definition) is 4. The van der Waals surface area contributed by atoms with Crippen molar-refractivity contribution in [3.8, 4) is 0 Å². The van der Waals surface area contributed by atoms with E-state index < -0.39 is 29.3 Å². The van der Waals surface area contributed by atoms with E-state index in [0.29, 0.717) is 67.5 Å². The molecule has 3 aliphatic rings. The lowest BCUT2D eigenvalue weighted by molar-refractivity contribution is -0.137. The number of piperidine rings is 1. The molecule has 5 N–H and O–H groups in total. The molecule has 43 heavy (non-hydrogen) atoms. The first kappa shape index (κ1) is 29.4. The second-order valence-corrected chi connectivity index (χ2v) is 11.9. The minimum atomic E-state index is -4.64. The summed E-state index contributed by atoms with van der Waals surface area (Å²) in [6.45, 7) is 0.671. The standard InChI is InChI=1S/C29H37F4N9O/c30-22-10-5-17(29(31,32)33)15-23(22)38-28(43)41-13-11-20(12-14-41)36-25-24-26(42(16-35-24)21-3-1-2-4-21)40-27(39-25)37-19-8-6-18(34)7-9-19/h5,10,15-16,18-21H,1-4,6-9,11-14,34H2,(H,38,43)(H2,36,37,39,40). The number of alkyl halides is 3. The molecule has 0 atom stereocenters. The highest BCUT2D eigenvalue weighted by Crippen LogP contribution is 2.34. The van der Waals surface area contributed by atoms with Gasteiger partial charge in [-0.15, -0.1) is 0 Å². The molecule has 3 fully saturated rings. The van der Waals surface area contributed by atoms with Gasteiger partial charge in [0.25, 0.3) is 0 Å². The molecule has 2 saturated carbocycles. The largest absolute Gasteiger partial charge is 0.416 e. The first-order valence-electron chi connectivity index (χ1n) is 15.1. The Morgan fingerprint density at radius 1 is 0.930 bits per heavy atom. The van der Waals surface area contributed by atoms with Gasteiger partial charge in [-0.3, -0.25) is 0 Å². The van der Waals surface area contributed by atoms with E-state index in [2.05, 4.69) is 20.5 Å². The first-order valence-corrected chi connectivity index (χ1v) is 15.1. The van der Waals surface area contributed by atoms with Crippen LogP contribution < -0.4 is 21.7 Å². The Morgan fingerprint density at radius 3 is 2.33 bits per heavy atom. The summed E-state index contributed by atoms with van der Waals surface area (Å²) in [5, 5.41) is 9.35. The van der Waals surface area contributed by atoms with Crippen molar-refractivity contribution in [2.75, 3.05) is 29.0 Å². The number of carbonyl (C=O) groups is 1. The Hall–Kier alpha value is -3.68. The predicted molar refractivity (Wildman–Crippen MR) is 155 cm³/mol. The van der Waals surface area contributed by atoms with E-state index in [1.807, 2.05) is 6.33 Å². The molecule has 6 rings (SSSR count). The van der Waals surface area contributed by atoms with Crippen LogP contribution in [0, 0.1) is 5.82 Å². The van der Waals surface area contributed by atoms with Crippen LogP contribution >= 0.6 is 0 Å². The highest BCUT2D eigenvalue weighted by molar-refractivity contribution is 5.89. The number of nitrogens with one attached hydrogen (secondary N) is 3. The molecule has 0 bridgehead atoms.